The van der Waals surface area contributed by atoms with Gasteiger partial charge in [0.25, 0.3) is 0 Å². The van der Waals surface area contributed by atoms with Crippen LogP contribution < -0.4 is 5.32 Å². The summed E-state index contributed by atoms with van der Waals surface area (Å²) < 4.78 is 18.5. The first kappa shape index (κ1) is 24.2. The molecule has 0 radical (unpaired) electrons. The van der Waals surface area contributed by atoms with Gasteiger partial charge in [-0.3, -0.25) is 4.79 Å². The Kier molecular flexibility index (Phi) is 8.23. The normalized spacial score (nSPS) is 16.6. The zero-order valence-corrected chi connectivity index (χ0v) is 19.8. The molecule has 0 spiro atoms. The number of aromatic nitrogens is 1. The monoisotopic (exact) mass is 461 g/mol. The van der Waals surface area contributed by atoms with Crippen molar-refractivity contribution >= 4 is 23.3 Å². The van der Waals surface area contributed by atoms with Gasteiger partial charge >= 0.3 is 6.09 Å². The number of rotatable bonds is 7. The molecule has 1 aliphatic rings. The van der Waals surface area contributed by atoms with Gasteiger partial charge in [-0.2, -0.15) is 0 Å². The number of hydrogen-bond donors (Lipinski definition) is 1. The zero-order chi connectivity index (χ0) is 23.1. The second-order valence-electron chi connectivity index (χ2n) is 9.29. The number of likely N-dealkylation sites (tertiary alicyclic amines) is 1. The number of thiazole rings is 1. The van der Waals surface area contributed by atoms with Crippen LogP contribution in [0.15, 0.2) is 29.6 Å². The van der Waals surface area contributed by atoms with Gasteiger partial charge in [0.05, 0.1) is 17.1 Å². The minimum atomic E-state index is -0.493. The highest BCUT2D eigenvalue weighted by atomic mass is 32.1. The highest BCUT2D eigenvalue weighted by molar-refractivity contribution is 7.09. The van der Waals surface area contributed by atoms with Gasteiger partial charge in [0, 0.05) is 31.4 Å². The number of halogens is 1. The first-order valence-electron chi connectivity index (χ1n) is 11.1. The molecule has 1 aliphatic heterocycles. The lowest BCUT2D eigenvalue weighted by atomic mass is 9.95. The maximum absolute atomic E-state index is 13.0. The Hall–Kier alpha value is -2.48. The Morgan fingerprint density at radius 1 is 1.28 bits per heavy atom. The van der Waals surface area contributed by atoms with Gasteiger partial charge in [-0.25, -0.2) is 14.2 Å². The Morgan fingerprint density at radius 2 is 2.03 bits per heavy atom. The minimum absolute atomic E-state index is 0.0524. The summed E-state index contributed by atoms with van der Waals surface area (Å²) in [5, 5.41) is 5.78. The SMILES string of the molecule is CC(C)(C)OC(=O)N1CCCC(CCNC(=O)Cc2csc(Cc3ccc(F)cc3)n2)C1. The molecule has 1 fully saturated rings. The molecule has 1 aromatic carbocycles. The fourth-order valence-electron chi connectivity index (χ4n) is 3.72. The molecule has 174 valence electrons. The molecule has 1 unspecified atom stereocenters. The number of nitrogens with one attached hydrogen (secondary N) is 1. The van der Waals surface area contributed by atoms with Crippen LogP contribution in [0, 0.1) is 11.7 Å². The molecule has 1 N–H and O–H groups in total. The molecule has 3 rings (SSSR count). The van der Waals surface area contributed by atoms with Crippen molar-refractivity contribution in [1.29, 1.82) is 0 Å². The van der Waals surface area contributed by atoms with Crippen LogP contribution in [0.3, 0.4) is 0 Å². The van der Waals surface area contributed by atoms with Crippen LogP contribution in [0.25, 0.3) is 0 Å². The van der Waals surface area contributed by atoms with Gasteiger partial charge in [0.2, 0.25) is 5.91 Å². The average molecular weight is 462 g/mol. The highest BCUT2D eigenvalue weighted by Gasteiger charge is 2.27. The first-order chi connectivity index (χ1) is 15.2. The topological polar surface area (TPSA) is 71.5 Å². The number of benzene rings is 1. The lowest BCUT2D eigenvalue weighted by molar-refractivity contribution is -0.120. The van der Waals surface area contributed by atoms with E-state index in [1.54, 1.807) is 17.0 Å². The Labute approximate surface area is 193 Å². The van der Waals surface area contributed by atoms with Crippen molar-refractivity contribution in [2.45, 2.75) is 58.5 Å². The summed E-state index contributed by atoms with van der Waals surface area (Å²) in [7, 11) is 0. The molecule has 1 aromatic heterocycles. The Bertz CT molecular complexity index is 908. The quantitative estimate of drug-likeness (QED) is 0.656. The molecule has 1 atom stereocenters. The van der Waals surface area contributed by atoms with Crippen molar-refractivity contribution in [2.24, 2.45) is 5.92 Å². The predicted octanol–water partition coefficient (Wildman–Crippen LogP) is 4.57. The van der Waals surface area contributed by atoms with Crippen LogP contribution in [0.4, 0.5) is 9.18 Å². The van der Waals surface area contributed by atoms with Crippen LogP contribution >= 0.6 is 11.3 Å². The Morgan fingerprint density at radius 3 is 2.75 bits per heavy atom. The second-order valence-corrected chi connectivity index (χ2v) is 10.2. The predicted molar refractivity (Wildman–Crippen MR) is 123 cm³/mol. The van der Waals surface area contributed by atoms with Crippen LogP contribution in [0.5, 0.6) is 0 Å². The maximum atomic E-state index is 13.0. The molecular formula is C24H32FN3O3S. The molecule has 2 aromatic rings. The van der Waals surface area contributed by atoms with E-state index in [4.69, 9.17) is 4.74 Å². The van der Waals surface area contributed by atoms with E-state index in [1.165, 1.54) is 23.5 Å². The third-order valence-electron chi connectivity index (χ3n) is 5.26. The third-order valence-corrected chi connectivity index (χ3v) is 6.15. The van der Waals surface area contributed by atoms with E-state index in [0.717, 1.165) is 42.1 Å². The lowest BCUT2D eigenvalue weighted by Gasteiger charge is -2.34. The van der Waals surface area contributed by atoms with E-state index >= 15 is 0 Å². The standard InChI is InChI=1S/C24H32FN3O3S/c1-24(2,3)31-23(30)28-12-4-5-18(15-28)10-11-26-21(29)14-20-16-32-22(27-20)13-17-6-8-19(25)9-7-17/h6-9,16,18H,4-5,10-15H2,1-3H3,(H,26,29). The summed E-state index contributed by atoms with van der Waals surface area (Å²) in [6.45, 7) is 7.59. The van der Waals surface area contributed by atoms with Gasteiger partial charge in [-0.15, -0.1) is 11.3 Å². The summed E-state index contributed by atoms with van der Waals surface area (Å²) in [6, 6.07) is 6.38. The van der Waals surface area contributed by atoms with E-state index in [0.29, 0.717) is 25.4 Å². The molecule has 32 heavy (non-hydrogen) atoms. The van der Waals surface area contributed by atoms with Crippen molar-refractivity contribution in [2.75, 3.05) is 19.6 Å². The number of piperidine rings is 1. The summed E-state index contributed by atoms with van der Waals surface area (Å²) in [6.07, 6.45) is 3.45. The number of ether oxygens (including phenoxy) is 1. The van der Waals surface area contributed by atoms with E-state index in [2.05, 4.69) is 10.3 Å². The number of nitrogens with zero attached hydrogens (tertiary/aromatic N) is 2. The van der Waals surface area contributed by atoms with Gasteiger partial charge in [0.1, 0.15) is 11.4 Å². The molecule has 0 aliphatic carbocycles. The number of carbonyl (C=O) groups excluding carboxylic acids is 2. The minimum Gasteiger partial charge on any atom is -0.444 e. The fraction of sp³-hybridized carbons (Fsp3) is 0.542. The molecule has 0 bridgehead atoms. The van der Waals surface area contributed by atoms with Crippen LogP contribution in [-0.4, -0.2) is 47.1 Å². The summed E-state index contributed by atoms with van der Waals surface area (Å²) in [5.74, 6) is 0.0533. The zero-order valence-electron chi connectivity index (χ0n) is 19.0. The molecule has 2 amide bonds. The summed E-state index contributed by atoms with van der Waals surface area (Å²) in [4.78, 5) is 30.9. The summed E-state index contributed by atoms with van der Waals surface area (Å²) >= 11 is 1.51. The lowest BCUT2D eigenvalue weighted by Crippen LogP contribution is -2.43. The average Bonchev–Trinajstić information content (AvgIpc) is 3.15. The molecule has 0 saturated carbocycles. The highest BCUT2D eigenvalue weighted by Crippen LogP contribution is 2.21. The maximum Gasteiger partial charge on any atom is 0.410 e. The van der Waals surface area contributed by atoms with Gasteiger partial charge in [0.15, 0.2) is 0 Å². The van der Waals surface area contributed by atoms with E-state index in [9.17, 15) is 14.0 Å². The van der Waals surface area contributed by atoms with Crippen molar-refractivity contribution in [3.05, 3.63) is 51.7 Å². The molecular weight excluding hydrogens is 429 g/mol. The first-order valence-corrected chi connectivity index (χ1v) is 12.0. The van der Waals surface area contributed by atoms with Gasteiger partial charge in [-0.1, -0.05) is 12.1 Å². The largest absolute Gasteiger partial charge is 0.444 e. The van der Waals surface area contributed by atoms with Crippen LogP contribution in [0.1, 0.15) is 56.3 Å². The van der Waals surface area contributed by atoms with Gasteiger partial charge < -0.3 is 15.0 Å². The van der Waals surface area contributed by atoms with Crippen LogP contribution in [-0.2, 0) is 22.4 Å². The molecule has 2 heterocycles. The number of amides is 2. The number of hydrogen-bond acceptors (Lipinski definition) is 5. The van der Waals surface area contributed by atoms with Crippen molar-refractivity contribution < 1.29 is 18.7 Å². The van der Waals surface area contributed by atoms with E-state index in [-0.39, 0.29) is 24.2 Å². The number of carbonyl (C=O) groups is 2. The smallest absolute Gasteiger partial charge is 0.410 e. The second kappa shape index (κ2) is 10.9. The molecule has 1 saturated heterocycles. The molecule has 6 nitrogen and oxygen atoms in total. The van der Waals surface area contributed by atoms with Crippen LogP contribution in [0.2, 0.25) is 0 Å². The fourth-order valence-corrected chi connectivity index (χ4v) is 4.55. The van der Waals surface area contributed by atoms with E-state index < -0.39 is 5.60 Å². The summed E-state index contributed by atoms with van der Waals surface area (Å²) in [5.41, 5.74) is 1.25. The van der Waals surface area contributed by atoms with Crippen molar-refractivity contribution in [3.8, 4) is 0 Å². The van der Waals surface area contributed by atoms with Crippen molar-refractivity contribution in [1.82, 2.24) is 15.2 Å². The van der Waals surface area contributed by atoms with Gasteiger partial charge in [-0.05, 0) is 63.6 Å². The Balaban J connectivity index is 1.38. The third kappa shape index (κ3) is 7.89. The van der Waals surface area contributed by atoms with E-state index in [1.807, 2.05) is 26.2 Å². The molecule has 8 heteroatoms. The van der Waals surface area contributed by atoms with Crippen molar-refractivity contribution in [3.63, 3.8) is 0 Å².